The highest BCUT2D eigenvalue weighted by atomic mass is 16.5. The Morgan fingerprint density at radius 3 is 2.88 bits per heavy atom. The van der Waals surface area contributed by atoms with Gasteiger partial charge in [0.1, 0.15) is 18.1 Å². The number of methoxy groups -OCH3 is 1. The van der Waals surface area contributed by atoms with Crippen LogP contribution in [0.4, 0.5) is 0 Å². The summed E-state index contributed by atoms with van der Waals surface area (Å²) in [4.78, 5) is 26.6. The number of morpholine rings is 1. The van der Waals surface area contributed by atoms with E-state index in [9.17, 15) is 9.59 Å². The highest BCUT2D eigenvalue weighted by molar-refractivity contribution is 5.93. The normalized spacial score (nSPS) is 16.1. The monoisotopic (exact) mass is 434 g/mol. The maximum atomic E-state index is 12.6. The third-order valence-electron chi connectivity index (χ3n) is 5.41. The lowest BCUT2D eigenvalue weighted by atomic mass is 10.1. The van der Waals surface area contributed by atoms with E-state index in [-0.39, 0.29) is 24.5 Å². The van der Waals surface area contributed by atoms with Crippen LogP contribution in [-0.4, -0.2) is 66.4 Å². The minimum absolute atomic E-state index is 0.0272. The van der Waals surface area contributed by atoms with Gasteiger partial charge in [0.05, 0.1) is 18.9 Å². The molecular formula is C24H26N4O4. The SMILES string of the molecule is COc1cccc(-c2cc(C(=O)NCC3CN(CCc4ccccc4)C(=O)CO3)[nH]n2)c1. The predicted molar refractivity (Wildman–Crippen MR) is 119 cm³/mol. The number of benzene rings is 2. The van der Waals surface area contributed by atoms with Crippen LogP contribution < -0.4 is 10.1 Å². The Hall–Kier alpha value is -3.65. The van der Waals surface area contributed by atoms with E-state index in [2.05, 4.69) is 15.5 Å². The molecule has 1 saturated heterocycles. The van der Waals surface area contributed by atoms with E-state index >= 15 is 0 Å². The van der Waals surface area contributed by atoms with Crippen molar-refractivity contribution in [3.05, 3.63) is 71.9 Å². The number of H-pyrrole nitrogens is 1. The van der Waals surface area contributed by atoms with Crippen molar-refractivity contribution in [2.75, 3.05) is 33.4 Å². The van der Waals surface area contributed by atoms with Gasteiger partial charge in [-0.1, -0.05) is 42.5 Å². The second-order valence-corrected chi connectivity index (χ2v) is 7.62. The maximum Gasteiger partial charge on any atom is 0.269 e. The molecule has 8 nitrogen and oxygen atoms in total. The van der Waals surface area contributed by atoms with Crippen LogP contribution in [0.1, 0.15) is 16.1 Å². The number of carbonyl (C=O) groups excluding carboxylic acids is 2. The number of ether oxygens (including phenoxy) is 2. The van der Waals surface area contributed by atoms with Crippen molar-refractivity contribution >= 4 is 11.8 Å². The van der Waals surface area contributed by atoms with Gasteiger partial charge in [0.2, 0.25) is 5.91 Å². The summed E-state index contributed by atoms with van der Waals surface area (Å²) in [6.07, 6.45) is 0.528. The van der Waals surface area contributed by atoms with Crippen molar-refractivity contribution in [1.29, 1.82) is 0 Å². The second kappa shape index (κ2) is 10.1. The smallest absolute Gasteiger partial charge is 0.269 e. The van der Waals surface area contributed by atoms with Crippen molar-refractivity contribution in [3.8, 4) is 17.0 Å². The lowest BCUT2D eigenvalue weighted by molar-refractivity contribution is -0.148. The van der Waals surface area contributed by atoms with Gasteiger partial charge in [0.15, 0.2) is 0 Å². The third-order valence-corrected chi connectivity index (χ3v) is 5.41. The molecule has 32 heavy (non-hydrogen) atoms. The highest BCUT2D eigenvalue weighted by Crippen LogP contribution is 2.22. The molecule has 2 amide bonds. The van der Waals surface area contributed by atoms with Gasteiger partial charge in [-0.2, -0.15) is 5.10 Å². The molecule has 0 saturated carbocycles. The number of aromatic nitrogens is 2. The molecule has 0 spiro atoms. The molecular weight excluding hydrogens is 408 g/mol. The molecule has 0 aliphatic carbocycles. The molecule has 1 unspecified atom stereocenters. The molecule has 2 N–H and O–H groups in total. The number of hydrogen-bond acceptors (Lipinski definition) is 5. The van der Waals surface area contributed by atoms with E-state index in [1.807, 2.05) is 54.6 Å². The van der Waals surface area contributed by atoms with E-state index < -0.39 is 0 Å². The third kappa shape index (κ3) is 5.33. The van der Waals surface area contributed by atoms with Crippen molar-refractivity contribution in [2.24, 2.45) is 0 Å². The van der Waals surface area contributed by atoms with E-state index in [4.69, 9.17) is 9.47 Å². The Labute approximate surface area is 186 Å². The first kappa shape index (κ1) is 21.6. The molecule has 0 bridgehead atoms. The van der Waals surface area contributed by atoms with Crippen LogP contribution >= 0.6 is 0 Å². The molecule has 1 aromatic heterocycles. The molecule has 1 aliphatic heterocycles. The molecule has 4 rings (SSSR count). The van der Waals surface area contributed by atoms with Crippen LogP contribution in [-0.2, 0) is 16.0 Å². The van der Waals surface area contributed by atoms with Gasteiger partial charge in [-0.05, 0) is 30.2 Å². The molecule has 1 atom stereocenters. The van der Waals surface area contributed by atoms with Gasteiger partial charge >= 0.3 is 0 Å². The van der Waals surface area contributed by atoms with Crippen molar-refractivity contribution in [3.63, 3.8) is 0 Å². The summed E-state index contributed by atoms with van der Waals surface area (Å²) in [5.41, 5.74) is 3.04. The molecule has 3 aromatic rings. The molecule has 0 radical (unpaired) electrons. The van der Waals surface area contributed by atoms with E-state index in [1.165, 1.54) is 5.56 Å². The minimum atomic E-state index is -0.275. The van der Waals surface area contributed by atoms with Gasteiger partial charge in [-0.15, -0.1) is 0 Å². The molecule has 8 heteroatoms. The number of carbonyl (C=O) groups is 2. The van der Waals surface area contributed by atoms with Gasteiger partial charge in [-0.25, -0.2) is 0 Å². The Morgan fingerprint density at radius 2 is 2.06 bits per heavy atom. The lowest BCUT2D eigenvalue weighted by Crippen LogP contribution is -2.51. The molecule has 1 fully saturated rings. The summed E-state index contributed by atoms with van der Waals surface area (Å²) < 4.78 is 10.8. The van der Waals surface area contributed by atoms with Gasteiger partial charge in [0.25, 0.3) is 5.91 Å². The average Bonchev–Trinajstić information content (AvgIpc) is 3.34. The van der Waals surface area contributed by atoms with E-state index in [1.54, 1.807) is 18.1 Å². The summed E-state index contributed by atoms with van der Waals surface area (Å²) in [7, 11) is 1.60. The number of hydrogen-bond donors (Lipinski definition) is 2. The largest absolute Gasteiger partial charge is 0.497 e. The number of amides is 2. The molecule has 1 aliphatic rings. The number of rotatable bonds is 8. The lowest BCUT2D eigenvalue weighted by Gasteiger charge is -2.32. The van der Waals surface area contributed by atoms with E-state index in [0.717, 1.165) is 17.7 Å². The van der Waals surface area contributed by atoms with E-state index in [0.29, 0.717) is 31.0 Å². The Bertz CT molecular complexity index is 1070. The molecule has 2 heterocycles. The minimum Gasteiger partial charge on any atom is -0.497 e. The first-order valence-corrected chi connectivity index (χ1v) is 10.5. The van der Waals surface area contributed by atoms with Crippen LogP contribution in [0, 0.1) is 0 Å². The Kier molecular flexibility index (Phi) is 6.81. The van der Waals surface area contributed by atoms with Crippen molar-refractivity contribution in [2.45, 2.75) is 12.5 Å². The molecule has 166 valence electrons. The number of aromatic amines is 1. The fraction of sp³-hybridized carbons (Fsp3) is 0.292. The van der Waals surface area contributed by atoms with Crippen LogP contribution in [0.15, 0.2) is 60.7 Å². The summed E-state index contributed by atoms with van der Waals surface area (Å²) in [5.74, 6) is 0.417. The second-order valence-electron chi connectivity index (χ2n) is 7.62. The van der Waals surface area contributed by atoms with Gasteiger partial charge < -0.3 is 19.7 Å². The first-order chi connectivity index (χ1) is 15.6. The summed E-state index contributed by atoms with van der Waals surface area (Å²) in [5, 5.41) is 9.87. The zero-order valence-electron chi connectivity index (χ0n) is 17.9. The molecule has 2 aromatic carbocycles. The first-order valence-electron chi connectivity index (χ1n) is 10.5. The zero-order chi connectivity index (χ0) is 22.3. The summed E-state index contributed by atoms with van der Waals surface area (Å²) in [6.45, 7) is 1.41. The predicted octanol–water partition coefficient (Wildman–Crippen LogP) is 2.29. The summed E-state index contributed by atoms with van der Waals surface area (Å²) >= 11 is 0. The highest BCUT2D eigenvalue weighted by Gasteiger charge is 2.26. The zero-order valence-corrected chi connectivity index (χ0v) is 17.9. The fourth-order valence-electron chi connectivity index (χ4n) is 3.60. The Balaban J connectivity index is 1.30. The topological polar surface area (TPSA) is 96.5 Å². The standard InChI is InChI=1S/C24H26N4O4/c1-31-19-9-5-8-18(12-19)21-13-22(27-26-21)24(30)25-14-20-15-28(23(29)16-32-20)11-10-17-6-3-2-4-7-17/h2-9,12-13,20H,10-11,14-16H2,1H3,(H,25,30)(H,26,27). The van der Waals surface area contributed by atoms with Gasteiger partial charge in [0, 0.05) is 25.2 Å². The van der Waals surface area contributed by atoms with Crippen LogP contribution in [0.2, 0.25) is 0 Å². The Morgan fingerprint density at radius 1 is 1.22 bits per heavy atom. The quantitative estimate of drug-likeness (QED) is 0.567. The maximum absolute atomic E-state index is 12.6. The van der Waals surface area contributed by atoms with Gasteiger partial charge in [-0.3, -0.25) is 14.7 Å². The fourth-order valence-corrected chi connectivity index (χ4v) is 3.60. The summed E-state index contributed by atoms with van der Waals surface area (Å²) in [6, 6.07) is 19.2. The van der Waals surface area contributed by atoms with Crippen molar-refractivity contribution < 1.29 is 19.1 Å². The number of nitrogens with one attached hydrogen (secondary N) is 2. The average molecular weight is 434 g/mol. The van der Waals surface area contributed by atoms with Crippen molar-refractivity contribution in [1.82, 2.24) is 20.4 Å². The van der Waals surface area contributed by atoms with Crippen LogP contribution in [0.3, 0.4) is 0 Å². The van der Waals surface area contributed by atoms with Crippen LogP contribution in [0.5, 0.6) is 5.75 Å². The van der Waals surface area contributed by atoms with Crippen LogP contribution in [0.25, 0.3) is 11.3 Å². The number of nitrogens with zero attached hydrogens (tertiary/aromatic N) is 2.